The highest BCUT2D eigenvalue weighted by Gasteiger charge is 2.21. The number of aryl methyl sites for hydroxylation is 2. The fraction of sp³-hybridized carbons (Fsp3) is 0.292. The van der Waals surface area contributed by atoms with Gasteiger partial charge in [-0.15, -0.1) is 23.1 Å². The number of carbonyl (C=O) groups is 1. The number of furan rings is 1. The predicted octanol–water partition coefficient (Wildman–Crippen LogP) is 4.53. The lowest BCUT2D eigenvalue weighted by Crippen LogP contribution is -2.31. The van der Waals surface area contributed by atoms with Crippen LogP contribution in [-0.4, -0.2) is 26.5 Å². The maximum absolute atomic E-state index is 13.0. The van der Waals surface area contributed by atoms with Crippen molar-refractivity contribution in [1.29, 1.82) is 0 Å². The summed E-state index contributed by atoms with van der Waals surface area (Å²) in [5, 5.41) is 0.764. The van der Waals surface area contributed by atoms with E-state index in [0.717, 1.165) is 40.8 Å². The summed E-state index contributed by atoms with van der Waals surface area (Å²) in [6, 6.07) is 13.6. The number of nitrogens with zero attached hydrogens (tertiary/aromatic N) is 2. The van der Waals surface area contributed by atoms with E-state index in [1.165, 1.54) is 22.2 Å². The molecule has 1 amide bonds. The number of nitrogens with one attached hydrogen (secondary N) is 1. The van der Waals surface area contributed by atoms with Gasteiger partial charge in [0.05, 0.1) is 29.7 Å². The number of thioether (sulfide) groups is 1. The Morgan fingerprint density at radius 3 is 2.84 bits per heavy atom. The molecule has 1 aliphatic rings. The number of amides is 1. The molecule has 1 N–H and O–H groups in total. The quantitative estimate of drug-likeness (QED) is 0.414. The molecule has 0 spiro atoms. The van der Waals surface area contributed by atoms with Crippen LogP contribution in [0.25, 0.3) is 10.2 Å². The van der Waals surface area contributed by atoms with Crippen molar-refractivity contribution >= 4 is 39.2 Å². The highest BCUT2D eigenvalue weighted by atomic mass is 32.2. The van der Waals surface area contributed by atoms with Gasteiger partial charge in [-0.2, -0.15) is 0 Å². The number of benzene rings is 1. The normalized spacial score (nSPS) is 12.9. The summed E-state index contributed by atoms with van der Waals surface area (Å²) in [5.41, 5.74) is 2.20. The van der Waals surface area contributed by atoms with Crippen LogP contribution >= 0.6 is 23.1 Å². The molecule has 164 valence electrons. The van der Waals surface area contributed by atoms with Gasteiger partial charge in [-0.25, -0.2) is 4.98 Å². The van der Waals surface area contributed by atoms with Gasteiger partial charge in [0.25, 0.3) is 5.56 Å². The van der Waals surface area contributed by atoms with E-state index in [9.17, 15) is 9.59 Å². The molecule has 6 nitrogen and oxygen atoms in total. The van der Waals surface area contributed by atoms with E-state index in [2.05, 4.69) is 9.97 Å². The predicted molar refractivity (Wildman–Crippen MR) is 128 cm³/mol. The standard InChI is InChI=1S/C24H23N3O3S2/c28-21(27(13-17-8-5-11-30-17)12-16-6-2-1-3-7-16)15-31-14-20-25-23(29)22-18-9-4-10-19(18)32-24(22)26-20/h1-3,5-8,11H,4,9-10,12-15H2,(H,25,26,29). The van der Waals surface area contributed by atoms with Crippen molar-refractivity contribution in [2.75, 3.05) is 5.75 Å². The molecule has 3 heterocycles. The fourth-order valence-corrected chi connectivity index (χ4v) is 6.14. The van der Waals surface area contributed by atoms with E-state index in [0.29, 0.717) is 30.4 Å². The van der Waals surface area contributed by atoms with Crippen molar-refractivity contribution in [2.45, 2.75) is 38.1 Å². The summed E-state index contributed by atoms with van der Waals surface area (Å²) in [6.45, 7) is 0.936. The molecule has 0 atom stereocenters. The maximum atomic E-state index is 13.0. The zero-order chi connectivity index (χ0) is 21.9. The number of hydrogen-bond acceptors (Lipinski definition) is 6. The first-order valence-electron chi connectivity index (χ1n) is 10.6. The Labute approximate surface area is 193 Å². The molecule has 4 aromatic rings. The smallest absolute Gasteiger partial charge is 0.259 e. The second kappa shape index (κ2) is 9.34. The monoisotopic (exact) mass is 465 g/mol. The first-order chi connectivity index (χ1) is 15.7. The Balaban J connectivity index is 1.25. The molecule has 1 aliphatic carbocycles. The third kappa shape index (κ3) is 4.52. The van der Waals surface area contributed by atoms with Crippen molar-refractivity contribution in [3.63, 3.8) is 0 Å². The molecule has 0 fully saturated rings. The average Bonchev–Trinajstić information content (AvgIpc) is 3.51. The van der Waals surface area contributed by atoms with Crippen LogP contribution in [-0.2, 0) is 36.5 Å². The van der Waals surface area contributed by atoms with Crippen LogP contribution < -0.4 is 5.56 Å². The fourth-order valence-electron chi connectivity index (χ4n) is 4.07. The maximum Gasteiger partial charge on any atom is 0.259 e. The summed E-state index contributed by atoms with van der Waals surface area (Å²) in [7, 11) is 0. The Morgan fingerprint density at radius 2 is 2.03 bits per heavy atom. The summed E-state index contributed by atoms with van der Waals surface area (Å²) in [4.78, 5) is 37.1. The van der Waals surface area contributed by atoms with Gasteiger partial charge in [-0.1, -0.05) is 30.3 Å². The van der Waals surface area contributed by atoms with Crippen LogP contribution in [0.15, 0.2) is 57.9 Å². The second-order valence-electron chi connectivity index (χ2n) is 7.86. The molecule has 0 saturated heterocycles. The third-order valence-electron chi connectivity index (χ3n) is 5.58. The van der Waals surface area contributed by atoms with E-state index in [1.807, 2.05) is 42.5 Å². The van der Waals surface area contributed by atoms with Crippen molar-refractivity contribution in [2.24, 2.45) is 0 Å². The Hall–Kier alpha value is -2.84. The number of rotatable bonds is 8. The van der Waals surface area contributed by atoms with Gasteiger partial charge in [-0.3, -0.25) is 9.59 Å². The van der Waals surface area contributed by atoms with Gasteiger partial charge in [0.2, 0.25) is 5.91 Å². The van der Waals surface area contributed by atoms with Gasteiger partial charge < -0.3 is 14.3 Å². The van der Waals surface area contributed by atoms with Crippen molar-refractivity contribution in [3.05, 3.63) is 86.7 Å². The third-order valence-corrected chi connectivity index (χ3v) is 7.70. The molecule has 32 heavy (non-hydrogen) atoms. The summed E-state index contributed by atoms with van der Waals surface area (Å²) >= 11 is 3.10. The van der Waals surface area contributed by atoms with E-state index >= 15 is 0 Å². The molecule has 1 aromatic carbocycles. The minimum Gasteiger partial charge on any atom is -0.467 e. The average molecular weight is 466 g/mol. The molecule has 0 radical (unpaired) electrons. The molecular formula is C24H23N3O3S2. The van der Waals surface area contributed by atoms with Crippen molar-refractivity contribution in [3.8, 4) is 0 Å². The molecule has 3 aromatic heterocycles. The second-order valence-corrected chi connectivity index (χ2v) is 9.93. The van der Waals surface area contributed by atoms with Crippen LogP contribution in [0.3, 0.4) is 0 Å². The lowest BCUT2D eigenvalue weighted by Gasteiger charge is -2.21. The molecule has 8 heteroatoms. The first kappa shape index (κ1) is 21.0. The van der Waals surface area contributed by atoms with Crippen LogP contribution in [0.4, 0.5) is 0 Å². The zero-order valence-corrected chi connectivity index (χ0v) is 19.1. The topological polar surface area (TPSA) is 79.2 Å². The number of aromatic amines is 1. The minimum absolute atomic E-state index is 0.0220. The number of hydrogen-bond donors (Lipinski definition) is 1. The lowest BCUT2D eigenvalue weighted by molar-refractivity contribution is -0.129. The first-order valence-corrected chi connectivity index (χ1v) is 12.6. The Bertz CT molecular complexity index is 1280. The van der Waals surface area contributed by atoms with Gasteiger partial charge in [0, 0.05) is 11.4 Å². The van der Waals surface area contributed by atoms with Crippen molar-refractivity contribution < 1.29 is 9.21 Å². The SMILES string of the molecule is O=C(CSCc1nc2sc3c(c2c(=O)[nH]1)CCC3)N(Cc1ccccc1)Cc1ccco1. The number of H-pyrrole nitrogens is 1. The van der Waals surface area contributed by atoms with Crippen LogP contribution in [0.5, 0.6) is 0 Å². The number of aromatic nitrogens is 2. The molecule has 0 saturated carbocycles. The molecule has 5 rings (SSSR count). The highest BCUT2D eigenvalue weighted by Crippen LogP contribution is 2.34. The Kier molecular flexibility index (Phi) is 6.14. The molecular weight excluding hydrogens is 442 g/mol. The van der Waals surface area contributed by atoms with E-state index in [4.69, 9.17) is 4.42 Å². The molecule has 0 bridgehead atoms. The van der Waals surface area contributed by atoms with Crippen molar-refractivity contribution in [1.82, 2.24) is 14.9 Å². The van der Waals surface area contributed by atoms with Gasteiger partial charge in [0.1, 0.15) is 16.4 Å². The zero-order valence-electron chi connectivity index (χ0n) is 17.5. The summed E-state index contributed by atoms with van der Waals surface area (Å²) < 4.78 is 5.46. The summed E-state index contributed by atoms with van der Waals surface area (Å²) in [5.74, 6) is 2.19. The van der Waals surface area contributed by atoms with E-state index < -0.39 is 0 Å². The lowest BCUT2D eigenvalue weighted by atomic mass is 10.2. The Morgan fingerprint density at radius 1 is 1.16 bits per heavy atom. The van der Waals surface area contributed by atoms with Crippen LogP contribution in [0.1, 0.15) is 34.0 Å². The largest absolute Gasteiger partial charge is 0.467 e. The van der Waals surface area contributed by atoms with E-state index in [1.54, 1.807) is 22.5 Å². The van der Waals surface area contributed by atoms with Gasteiger partial charge in [0.15, 0.2) is 0 Å². The van der Waals surface area contributed by atoms with Gasteiger partial charge in [-0.05, 0) is 42.5 Å². The van der Waals surface area contributed by atoms with E-state index in [-0.39, 0.29) is 11.5 Å². The minimum atomic E-state index is -0.0557. The number of fused-ring (bicyclic) bond motifs is 3. The molecule has 0 aliphatic heterocycles. The van der Waals surface area contributed by atoms with Crippen LogP contribution in [0.2, 0.25) is 0 Å². The highest BCUT2D eigenvalue weighted by molar-refractivity contribution is 7.99. The van der Waals surface area contributed by atoms with Gasteiger partial charge >= 0.3 is 0 Å². The number of carbonyl (C=O) groups excluding carboxylic acids is 1. The summed E-state index contributed by atoms with van der Waals surface area (Å²) in [6.07, 6.45) is 4.75. The number of thiophene rings is 1. The molecule has 0 unspecified atom stereocenters. The van der Waals surface area contributed by atoms with Crippen LogP contribution in [0, 0.1) is 0 Å².